The minimum absolute atomic E-state index is 0.415. The molecule has 0 aliphatic carbocycles. The van der Waals surface area contributed by atoms with Gasteiger partial charge in [-0.1, -0.05) is 30.3 Å². The highest BCUT2D eigenvalue weighted by Gasteiger charge is 2.20. The van der Waals surface area contributed by atoms with Crippen molar-refractivity contribution in [1.29, 1.82) is 0 Å². The second kappa shape index (κ2) is 4.74. The first-order chi connectivity index (χ1) is 8.27. The number of carbonyl (C=O) groups excluding carboxylic acids is 1. The third kappa shape index (κ3) is 2.01. The smallest absolute Gasteiger partial charge is 0.343 e. The van der Waals surface area contributed by atoms with Gasteiger partial charge in [-0.3, -0.25) is 0 Å². The molecule has 88 valence electrons. The molecule has 0 unspecified atom stereocenters. The van der Waals surface area contributed by atoms with Gasteiger partial charge in [-0.15, -0.1) is 0 Å². The van der Waals surface area contributed by atoms with Crippen LogP contribution in [0.15, 0.2) is 36.5 Å². The second-order valence-electron chi connectivity index (χ2n) is 3.46. The van der Waals surface area contributed by atoms with E-state index in [9.17, 15) is 4.79 Å². The molecule has 1 aromatic carbocycles. The summed E-state index contributed by atoms with van der Waals surface area (Å²) in [5, 5.41) is 0. The Labute approximate surface area is 99.2 Å². The molecule has 4 heteroatoms. The number of nitrogens with one attached hydrogen (secondary N) is 1. The van der Waals surface area contributed by atoms with E-state index in [0.29, 0.717) is 17.0 Å². The zero-order valence-electron chi connectivity index (χ0n) is 9.69. The minimum Gasteiger partial charge on any atom is -0.494 e. The number of ether oxygens (including phenoxy) is 2. The molecule has 0 fully saturated rings. The van der Waals surface area contributed by atoms with Crippen LogP contribution >= 0.6 is 0 Å². The first-order valence-electron chi connectivity index (χ1n) is 5.17. The molecular weight excluding hydrogens is 218 g/mol. The van der Waals surface area contributed by atoms with Crippen LogP contribution in [0.3, 0.4) is 0 Å². The maximum atomic E-state index is 11.7. The minimum atomic E-state index is -0.415. The summed E-state index contributed by atoms with van der Waals surface area (Å²) in [7, 11) is 2.87. The fraction of sp³-hybridized carbons (Fsp3) is 0.154. The van der Waals surface area contributed by atoms with E-state index in [1.54, 1.807) is 6.20 Å². The summed E-state index contributed by atoms with van der Waals surface area (Å²) in [5.41, 5.74) is 2.03. The van der Waals surface area contributed by atoms with E-state index in [0.717, 1.165) is 5.56 Å². The lowest BCUT2D eigenvalue weighted by molar-refractivity contribution is 0.0598. The average Bonchev–Trinajstić information content (AvgIpc) is 2.82. The van der Waals surface area contributed by atoms with Gasteiger partial charge in [-0.05, 0) is 5.56 Å². The standard InChI is InChI=1S/C13H13NO3/c1-16-10-8-14-12(11(10)13(15)17-2)9-6-4-3-5-7-9/h3-8,14H,1-2H3. The van der Waals surface area contributed by atoms with Crippen molar-refractivity contribution in [3.05, 3.63) is 42.1 Å². The van der Waals surface area contributed by atoms with Gasteiger partial charge in [0.2, 0.25) is 0 Å². The van der Waals surface area contributed by atoms with Gasteiger partial charge < -0.3 is 14.5 Å². The highest BCUT2D eigenvalue weighted by atomic mass is 16.5. The number of carbonyl (C=O) groups is 1. The number of esters is 1. The summed E-state index contributed by atoms with van der Waals surface area (Å²) in [6.07, 6.45) is 1.65. The molecule has 17 heavy (non-hydrogen) atoms. The molecule has 0 aliphatic rings. The van der Waals surface area contributed by atoms with E-state index in [1.165, 1.54) is 14.2 Å². The van der Waals surface area contributed by atoms with Gasteiger partial charge in [0, 0.05) is 6.20 Å². The lowest BCUT2D eigenvalue weighted by atomic mass is 10.1. The van der Waals surface area contributed by atoms with Gasteiger partial charge in [-0.2, -0.15) is 0 Å². The number of rotatable bonds is 3. The average molecular weight is 231 g/mol. The number of methoxy groups -OCH3 is 2. The Hall–Kier alpha value is -2.23. The van der Waals surface area contributed by atoms with E-state index in [4.69, 9.17) is 9.47 Å². The van der Waals surface area contributed by atoms with E-state index in [-0.39, 0.29) is 0 Å². The fourth-order valence-electron chi connectivity index (χ4n) is 1.70. The SMILES string of the molecule is COC(=O)c1c(OC)c[nH]c1-c1ccccc1. The highest BCUT2D eigenvalue weighted by molar-refractivity contribution is 5.99. The number of benzene rings is 1. The molecule has 0 saturated heterocycles. The van der Waals surface area contributed by atoms with Gasteiger partial charge in [0.25, 0.3) is 0 Å². The highest BCUT2D eigenvalue weighted by Crippen LogP contribution is 2.30. The lowest BCUT2D eigenvalue weighted by Crippen LogP contribution is -2.03. The van der Waals surface area contributed by atoms with E-state index < -0.39 is 5.97 Å². The largest absolute Gasteiger partial charge is 0.494 e. The summed E-state index contributed by atoms with van der Waals surface area (Å²) in [5.74, 6) is 0.0673. The molecule has 0 amide bonds. The monoisotopic (exact) mass is 231 g/mol. The van der Waals surface area contributed by atoms with E-state index in [2.05, 4.69) is 4.98 Å². The summed E-state index contributed by atoms with van der Waals surface area (Å²) >= 11 is 0. The van der Waals surface area contributed by atoms with Crippen LogP contribution in [0.25, 0.3) is 11.3 Å². The van der Waals surface area contributed by atoms with Crippen molar-refractivity contribution >= 4 is 5.97 Å². The topological polar surface area (TPSA) is 51.3 Å². The Morgan fingerprint density at radius 3 is 2.47 bits per heavy atom. The lowest BCUT2D eigenvalue weighted by Gasteiger charge is -2.04. The van der Waals surface area contributed by atoms with Crippen molar-refractivity contribution in [2.75, 3.05) is 14.2 Å². The van der Waals surface area contributed by atoms with Crippen LogP contribution in [0.2, 0.25) is 0 Å². The summed E-state index contributed by atoms with van der Waals surface area (Å²) in [6, 6.07) is 9.56. The second-order valence-corrected chi connectivity index (χ2v) is 3.46. The molecule has 0 saturated carbocycles. The molecule has 4 nitrogen and oxygen atoms in total. The van der Waals surface area contributed by atoms with Crippen molar-refractivity contribution in [1.82, 2.24) is 4.98 Å². The molecule has 0 aliphatic heterocycles. The Morgan fingerprint density at radius 2 is 1.88 bits per heavy atom. The van der Waals surface area contributed by atoms with Gasteiger partial charge >= 0.3 is 5.97 Å². The maximum Gasteiger partial charge on any atom is 0.343 e. The van der Waals surface area contributed by atoms with Crippen molar-refractivity contribution < 1.29 is 14.3 Å². The molecule has 1 N–H and O–H groups in total. The molecule has 1 aromatic heterocycles. The van der Waals surface area contributed by atoms with Crippen molar-refractivity contribution in [3.8, 4) is 17.0 Å². The van der Waals surface area contributed by atoms with E-state index >= 15 is 0 Å². The molecule has 0 atom stereocenters. The van der Waals surface area contributed by atoms with E-state index in [1.807, 2.05) is 30.3 Å². The zero-order chi connectivity index (χ0) is 12.3. The quantitative estimate of drug-likeness (QED) is 0.825. The van der Waals surface area contributed by atoms with Crippen LogP contribution in [0.1, 0.15) is 10.4 Å². The molecule has 0 bridgehead atoms. The molecule has 2 rings (SSSR count). The molecule has 2 aromatic rings. The number of aromatic amines is 1. The number of hydrogen-bond acceptors (Lipinski definition) is 3. The predicted molar refractivity (Wildman–Crippen MR) is 64.1 cm³/mol. The van der Waals surface area contributed by atoms with Gasteiger partial charge in [-0.25, -0.2) is 4.79 Å². The third-order valence-corrected chi connectivity index (χ3v) is 2.52. The van der Waals surface area contributed by atoms with Crippen LogP contribution in [0.5, 0.6) is 5.75 Å². The fourth-order valence-corrected chi connectivity index (χ4v) is 1.70. The number of hydrogen-bond donors (Lipinski definition) is 1. The Kier molecular flexibility index (Phi) is 3.14. The maximum absolute atomic E-state index is 11.7. The molecule has 0 radical (unpaired) electrons. The van der Waals surface area contributed by atoms with Gasteiger partial charge in [0.1, 0.15) is 5.56 Å². The van der Waals surface area contributed by atoms with Crippen LogP contribution in [-0.4, -0.2) is 25.2 Å². The Bertz CT molecular complexity index is 517. The normalized spacial score (nSPS) is 10.0. The van der Waals surface area contributed by atoms with Gasteiger partial charge in [0.05, 0.1) is 19.9 Å². The third-order valence-electron chi connectivity index (χ3n) is 2.52. The Balaban J connectivity index is 2.55. The number of H-pyrrole nitrogens is 1. The first kappa shape index (κ1) is 11.3. The van der Waals surface area contributed by atoms with Crippen molar-refractivity contribution in [2.24, 2.45) is 0 Å². The zero-order valence-corrected chi connectivity index (χ0v) is 9.69. The molecule has 0 spiro atoms. The summed E-state index contributed by atoms with van der Waals surface area (Å²) in [4.78, 5) is 14.8. The predicted octanol–water partition coefficient (Wildman–Crippen LogP) is 2.48. The molecular formula is C13H13NO3. The number of aromatic nitrogens is 1. The summed E-state index contributed by atoms with van der Waals surface area (Å²) < 4.78 is 9.90. The first-order valence-corrected chi connectivity index (χ1v) is 5.17. The van der Waals surface area contributed by atoms with Crippen molar-refractivity contribution in [2.45, 2.75) is 0 Å². The van der Waals surface area contributed by atoms with Crippen LogP contribution in [-0.2, 0) is 4.74 Å². The van der Waals surface area contributed by atoms with Crippen LogP contribution < -0.4 is 4.74 Å². The Morgan fingerprint density at radius 1 is 1.18 bits per heavy atom. The van der Waals surface area contributed by atoms with Gasteiger partial charge in [0.15, 0.2) is 5.75 Å². The van der Waals surface area contributed by atoms with Crippen molar-refractivity contribution in [3.63, 3.8) is 0 Å². The molecule has 1 heterocycles. The van der Waals surface area contributed by atoms with Crippen LogP contribution in [0.4, 0.5) is 0 Å². The summed E-state index contributed by atoms with van der Waals surface area (Å²) in [6.45, 7) is 0. The van der Waals surface area contributed by atoms with Crippen LogP contribution in [0, 0.1) is 0 Å².